The van der Waals surface area contributed by atoms with Gasteiger partial charge in [-0.15, -0.1) is 0 Å². The molecule has 0 spiro atoms. The summed E-state index contributed by atoms with van der Waals surface area (Å²) in [6.45, 7) is 0. The maximum absolute atomic E-state index is 12.5. The van der Waals surface area contributed by atoms with Crippen LogP contribution in [0.4, 0.5) is 5.69 Å². The SMILES string of the molecule is O=[N+]([O-])c1ccc(S(=O)(=O)N[C@@H]2CCCc3ccccc32)cc1. The molecule has 0 heterocycles. The molecule has 23 heavy (non-hydrogen) atoms. The standard InChI is InChI=1S/C16H16N2O4S/c19-18(20)13-8-10-14(11-9-13)23(21,22)17-16-7-3-5-12-4-1-2-6-15(12)16/h1-2,4,6,8-11,16-17H,3,5,7H2/t16-/m1/s1. The zero-order valence-corrected chi connectivity index (χ0v) is 13.1. The molecule has 2 aromatic carbocycles. The number of sulfonamides is 1. The molecule has 0 saturated carbocycles. The highest BCUT2D eigenvalue weighted by atomic mass is 32.2. The number of rotatable bonds is 4. The van der Waals surface area contributed by atoms with Crippen molar-refractivity contribution in [3.63, 3.8) is 0 Å². The number of nitrogens with one attached hydrogen (secondary N) is 1. The Bertz CT molecular complexity index is 831. The number of nitrogens with zero attached hydrogens (tertiary/aromatic N) is 1. The predicted octanol–water partition coefficient (Wildman–Crippen LogP) is 2.95. The molecule has 0 unspecified atom stereocenters. The molecule has 0 fully saturated rings. The van der Waals surface area contributed by atoms with E-state index in [9.17, 15) is 18.5 Å². The Labute approximate surface area is 134 Å². The predicted molar refractivity (Wildman–Crippen MR) is 85.5 cm³/mol. The molecule has 1 atom stereocenters. The van der Waals surface area contributed by atoms with Crippen molar-refractivity contribution in [2.45, 2.75) is 30.2 Å². The summed E-state index contributed by atoms with van der Waals surface area (Å²) in [5.41, 5.74) is 2.03. The summed E-state index contributed by atoms with van der Waals surface area (Å²) in [5, 5.41) is 10.7. The van der Waals surface area contributed by atoms with E-state index in [-0.39, 0.29) is 16.6 Å². The molecular weight excluding hydrogens is 316 g/mol. The summed E-state index contributed by atoms with van der Waals surface area (Å²) in [6, 6.07) is 12.5. The van der Waals surface area contributed by atoms with Crippen molar-refractivity contribution in [2.24, 2.45) is 0 Å². The zero-order chi connectivity index (χ0) is 16.4. The summed E-state index contributed by atoms with van der Waals surface area (Å²) in [6.07, 6.45) is 2.61. The number of nitro benzene ring substituents is 1. The molecule has 1 N–H and O–H groups in total. The quantitative estimate of drug-likeness (QED) is 0.688. The first kappa shape index (κ1) is 15.6. The van der Waals surface area contributed by atoms with E-state index < -0.39 is 14.9 Å². The molecule has 0 saturated heterocycles. The summed E-state index contributed by atoms with van der Waals surface area (Å²) < 4.78 is 27.7. The summed E-state index contributed by atoms with van der Waals surface area (Å²) >= 11 is 0. The van der Waals surface area contributed by atoms with Gasteiger partial charge in [0.25, 0.3) is 5.69 Å². The van der Waals surface area contributed by atoms with Crippen LogP contribution < -0.4 is 4.72 Å². The van der Waals surface area contributed by atoms with Crippen LogP contribution >= 0.6 is 0 Å². The molecule has 1 aliphatic carbocycles. The average Bonchev–Trinajstić information content (AvgIpc) is 2.55. The van der Waals surface area contributed by atoms with Crippen LogP contribution in [0.1, 0.15) is 30.0 Å². The molecule has 6 nitrogen and oxygen atoms in total. The van der Waals surface area contributed by atoms with Crippen LogP contribution in [0.15, 0.2) is 53.4 Å². The first-order valence-electron chi connectivity index (χ1n) is 7.32. The van der Waals surface area contributed by atoms with Crippen molar-refractivity contribution in [1.82, 2.24) is 4.72 Å². The molecule has 1 aliphatic rings. The van der Waals surface area contributed by atoms with Crippen LogP contribution in [0, 0.1) is 10.1 Å². The maximum atomic E-state index is 12.5. The fourth-order valence-electron chi connectivity index (χ4n) is 2.88. The largest absolute Gasteiger partial charge is 0.269 e. The highest BCUT2D eigenvalue weighted by Gasteiger charge is 2.25. The lowest BCUT2D eigenvalue weighted by molar-refractivity contribution is -0.384. The van der Waals surface area contributed by atoms with Gasteiger partial charge in [-0.2, -0.15) is 0 Å². The number of aryl methyl sites for hydroxylation is 1. The minimum atomic E-state index is -3.72. The Hall–Kier alpha value is -2.25. The Morgan fingerprint density at radius 1 is 1.09 bits per heavy atom. The van der Waals surface area contributed by atoms with E-state index in [1.54, 1.807) is 0 Å². The van der Waals surface area contributed by atoms with Gasteiger partial charge in [0.15, 0.2) is 0 Å². The monoisotopic (exact) mass is 332 g/mol. The number of hydrogen-bond donors (Lipinski definition) is 1. The van der Waals surface area contributed by atoms with Crippen LogP contribution in [0.5, 0.6) is 0 Å². The molecule has 0 amide bonds. The zero-order valence-electron chi connectivity index (χ0n) is 12.3. The normalized spacial score (nSPS) is 17.5. The Morgan fingerprint density at radius 2 is 1.78 bits per heavy atom. The van der Waals surface area contributed by atoms with E-state index in [2.05, 4.69) is 4.72 Å². The Kier molecular flexibility index (Phi) is 4.14. The molecule has 2 aromatic rings. The van der Waals surface area contributed by atoms with Gasteiger partial charge in [0.2, 0.25) is 10.0 Å². The fourth-order valence-corrected chi connectivity index (χ4v) is 4.13. The maximum Gasteiger partial charge on any atom is 0.269 e. The second-order valence-electron chi connectivity index (χ2n) is 5.52. The smallest absolute Gasteiger partial charge is 0.258 e. The second kappa shape index (κ2) is 6.10. The van der Waals surface area contributed by atoms with Gasteiger partial charge >= 0.3 is 0 Å². The highest BCUT2D eigenvalue weighted by molar-refractivity contribution is 7.89. The van der Waals surface area contributed by atoms with Gasteiger partial charge in [0, 0.05) is 18.2 Å². The van der Waals surface area contributed by atoms with Crippen LogP contribution in [-0.2, 0) is 16.4 Å². The van der Waals surface area contributed by atoms with Crippen LogP contribution in [-0.4, -0.2) is 13.3 Å². The van der Waals surface area contributed by atoms with Gasteiger partial charge in [0.05, 0.1) is 9.82 Å². The van der Waals surface area contributed by atoms with Crippen molar-refractivity contribution in [1.29, 1.82) is 0 Å². The minimum absolute atomic E-state index is 0.0335. The van der Waals surface area contributed by atoms with Gasteiger partial charge in [-0.3, -0.25) is 10.1 Å². The molecule has 0 radical (unpaired) electrons. The molecule has 120 valence electrons. The molecule has 3 rings (SSSR count). The number of nitro groups is 1. The van der Waals surface area contributed by atoms with E-state index >= 15 is 0 Å². The van der Waals surface area contributed by atoms with E-state index in [0.29, 0.717) is 0 Å². The van der Waals surface area contributed by atoms with Gasteiger partial charge < -0.3 is 0 Å². The van der Waals surface area contributed by atoms with E-state index in [0.717, 1.165) is 30.4 Å². The van der Waals surface area contributed by atoms with Crippen molar-refractivity contribution in [3.05, 3.63) is 69.8 Å². The minimum Gasteiger partial charge on any atom is -0.258 e. The van der Waals surface area contributed by atoms with Crippen LogP contribution in [0.3, 0.4) is 0 Å². The third-order valence-electron chi connectivity index (χ3n) is 4.02. The van der Waals surface area contributed by atoms with Crippen molar-refractivity contribution >= 4 is 15.7 Å². The molecule has 7 heteroatoms. The lowest BCUT2D eigenvalue weighted by Gasteiger charge is -2.26. The molecule has 0 aliphatic heterocycles. The van der Waals surface area contributed by atoms with Crippen LogP contribution in [0.2, 0.25) is 0 Å². The Morgan fingerprint density at radius 3 is 2.48 bits per heavy atom. The number of fused-ring (bicyclic) bond motifs is 1. The van der Waals surface area contributed by atoms with Crippen molar-refractivity contribution in [3.8, 4) is 0 Å². The van der Waals surface area contributed by atoms with E-state index in [1.165, 1.54) is 24.3 Å². The van der Waals surface area contributed by atoms with Crippen LogP contribution in [0.25, 0.3) is 0 Å². The average molecular weight is 332 g/mol. The highest BCUT2D eigenvalue weighted by Crippen LogP contribution is 2.31. The number of non-ortho nitro benzene ring substituents is 1. The summed E-state index contributed by atoms with van der Waals surface area (Å²) in [4.78, 5) is 10.1. The molecule has 0 aromatic heterocycles. The lowest BCUT2D eigenvalue weighted by Crippen LogP contribution is -2.31. The number of benzene rings is 2. The third-order valence-corrected chi connectivity index (χ3v) is 5.51. The lowest BCUT2D eigenvalue weighted by atomic mass is 9.88. The molecular formula is C16H16N2O4S. The van der Waals surface area contributed by atoms with Crippen molar-refractivity contribution < 1.29 is 13.3 Å². The number of hydrogen-bond acceptors (Lipinski definition) is 4. The van der Waals surface area contributed by atoms with Crippen molar-refractivity contribution in [2.75, 3.05) is 0 Å². The third kappa shape index (κ3) is 3.25. The first-order valence-corrected chi connectivity index (χ1v) is 8.80. The second-order valence-corrected chi connectivity index (χ2v) is 7.23. The molecule has 0 bridgehead atoms. The first-order chi connectivity index (χ1) is 11.0. The summed E-state index contributed by atoms with van der Waals surface area (Å²) in [7, 11) is -3.72. The Balaban J connectivity index is 1.86. The van der Waals surface area contributed by atoms with Gasteiger partial charge in [0.1, 0.15) is 0 Å². The fraction of sp³-hybridized carbons (Fsp3) is 0.250. The van der Waals surface area contributed by atoms with Gasteiger partial charge in [-0.1, -0.05) is 24.3 Å². The van der Waals surface area contributed by atoms with Gasteiger partial charge in [-0.05, 0) is 42.5 Å². The topological polar surface area (TPSA) is 89.3 Å². The van der Waals surface area contributed by atoms with E-state index in [1.807, 2.05) is 24.3 Å². The summed E-state index contributed by atoms with van der Waals surface area (Å²) in [5.74, 6) is 0. The van der Waals surface area contributed by atoms with E-state index in [4.69, 9.17) is 0 Å². The van der Waals surface area contributed by atoms with Gasteiger partial charge in [-0.25, -0.2) is 13.1 Å².